The monoisotopic (exact) mass is 239 g/mol. The number of hydrogen-bond donors (Lipinski definition) is 2. The molecule has 0 aliphatic carbocycles. The highest BCUT2D eigenvalue weighted by Gasteiger charge is 2.31. The summed E-state index contributed by atoms with van der Waals surface area (Å²) in [6.45, 7) is 7.25. The van der Waals surface area contributed by atoms with E-state index in [1.165, 1.54) is 0 Å². The molecular formula is C11H20F3NO. The van der Waals surface area contributed by atoms with E-state index in [1.807, 2.05) is 13.8 Å². The first kappa shape index (κ1) is 15.4. The Balaban J connectivity index is 4.40. The SMILES string of the molecule is C=CCC(CCC(F)(F)F)C(NO)C(C)C. The van der Waals surface area contributed by atoms with Crippen LogP contribution in [0.15, 0.2) is 12.7 Å². The molecule has 0 fully saturated rings. The van der Waals surface area contributed by atoms with Crippen LogP contribution < -0.4 is 5.48 Å². The van der Waals surface area contributed by atoms with Crippen molar-refractivity contribution in [3.8, 4) is 0 Å². The highest BCUT2D eigenvalue weighted by atomic mass is 19.4. The Morgan fingerprint density at radius 1 is 1.38 bits per heavy atom. The van der Waals surface area contributed by atoms with Gasteiger partial charge in [0.15, 0.2) is 0 Å². The lowest BCUT2D eigenvalue weighted by Crippen LogP contribution is -2.38. The summed E-state index contributed by atoms with van der Waals surface area (Å²) >= 11 is 0. The highest BCUT2D eigenvalue weighted by molar-refractivity contribution is 4.83. The van der Waals surface area contributed by atoms with Crippen LogP contribution in [0.25, 0.3) is 0 Å². The number of hydrogen-bond acceptors (Lipinski definition) is 2. The van der Waals surface area contributed by atoms with Crippen molar-refractivity contribution in [1.29, 1.82) is 0 Å². The van der Waals surface area contributed by atoms with E-state index in [-0.39, 0.29) is 24.3 Å². The third-order valence-corrected chi connectivity index (χ3v) is 2.64. The first-order valence-corrected chi connectivity index (χ1v) is 5.39. The zero-order valence-corrected chi connectivity index (χ0v) is 9.72. The molecule has 0 amide bonds. The van der Waals surface area contributed by atoms with Crippen LogP contribution in [0.3, 0.4) is 0 Å². The molecule has 0 saturated carbocycles. The molecular weight excluding hydrogens is 219 g/mol. The second-order valence-corrected chi connectivity index (χ2v) is 4.34. The third-order valence-electron chi connectivity index (χ3n) is 2.64. The van der Waals surface area contributed by atoms with Gasteiger partial charge in [0.05, 0.1) is 0 Å². The molecule has 0 saturated heterocycles. The Hall–Kier alpha value is -0.550. The fourth-order valence-corrected chi connectivity index (χ4v) is 1.81. The van der Waals surface area contributed by atoms with Gasteiger partial charge in [-0.2, -0.15) is 13.2 Å². The maximum Gasteiger partial charge on any atom is 0.389 e. The number of nitrogens with one attached hydrogen (secondary N) is 1. The van der Waals surface area contributed by atoms with Gasteiger partial charge in [-0.05, 0) is 24.7 Å². The molecule has 0 aliphatic rings. The Kier molecular flexibility index (Phi) is 6.67. The highest BCUT2D eigenvalue weighted by Crippen LogP contribution is 2.28. The molecule has 0 radical (unpaired) electrons. The van der Waals surface area contributed by atoms with E-state index >= 15 is 0 Å². The van der Waals surface area contributed by atoms with Gasteiger partial charge in [0.1, 0.15) is 0 Å². The summed E-state index contributed by atoms with van der Waals surface area (Å²) < 4.78 is 36.3. The largest absolute Gasteiger partial charge is 0.389 e. The van der Waals surface area contributed by atoms with Crippen LogP contribution in [0.5, 0.6) is 0 Å². The van der Waals surface area contributed by atoms with Crippen LogP contribution >= 0.6 is 0 Å². The van der Waals surface area contributed by atoms with Crippen molar-refractivity contribution in [3.63, 3.8) is 0 Å². The molecule has 0 aromatic heterocycles. The second-order valence-electron chi connectivity index (χ2n) is 4.34. The van der Waals surface area contributed by atoms with E-state index < -0.39 is 12.6 Å². The van der Waals surface area contributed by atoms with Gasteiger partial charge in [0, 0.05) is 12.5 Å². The minimum atomic E-state index is -4.14. The molecule has 0 bridgehead atoms. The molecule has 2 N–H and O–H groups in total. The summed E-state index contributed by atoms with van der Waals surface area (Å²) in [5.74, 6) is -0.174. The summed E-state index contributed by atoms with van der Waals surface area (Å²) in [6, 6.07) is -0.333. The van der Waals surface area contributed by atoms with E-state index in [0.717, 1.165) is 0 Å². The van der Waals surface area contributed by atoms with Gasteiger partial charge in [-0.15, -0.1) is 6.58 Å². The average Bonchev–Trinajstić information content (AvgIpc) is 2.13. The molecule has 96 valence electrons. The summed E-state index contributed by atoms with van der Waals surface area (Å²) in [4.78, 5) is 0. The molecule has 2 nitrogen and oxygen atoms in total. The fourth-order valence-electron chi connectivity index (χ4n) is 1.81. The van der Waals surface area contributed by atoms with Crippen molar-refractivity contribution in [1.82, 2.24) is 5.48 Å². The normalized spacial score (nSPS) is 16.2. The summed E-state index contributed by atoms with van der Waals surface area (Å²) in [5.41, 5.74) is 2.11. The molecule has 5 heteroatoms. The van der Waals surface area contributed by atoms with E-state index in [4.69, 9.17) is 5.21 Å². The number of alkyl halides is 3. The Bertz CT molecular complexity index is 204. The van der Waals surface area contributed by atoms with Gasteiger partial charge < -0.3 is 5.21 Å². The Morgan fingerprint density at radius 3 is 2.25 bits per heavy atom. The maximum atomic E-state index is 12.1. The zero-order chi connectivity index (χ0) is 12.8. The topological polar surface area (TPSA) is 32.3 Å². The van der Waals surface area contributed by atoms with Crippen molar-refractivity contribution in [2.45, 2.75) is 45.3 Å². The fraction of sp³-hybridized carbons (Fsp3) is 0.818. The van der Waals surface area contributed by atoms with Crippen LogP contribution in [0.1, 0.15) is 33.1 Å². The molecule has 0 aromatic rings. The predicted molar refractivity (Wildman–Crippen MR) is 57.1 cm³/mol. The first-order valence-electron chi connectivity index (χ1n) is 5.39. The third kappa shape index (κ3) is 6.12. The lowest BCUT2D eigenvalue weighted by molar-refractivity contribution is -0.139. The molecule has 0 spiro atoms. The van der Waals surface area contributed by atoms with Crippen LogP contribution in [0.2, 0.25) is 0 Å². The zero-order valence-electron chi connectivity index (χ0n) is 9.72. The Labute approximate surface area is 94.5 Å². The summed E-state index contributed by atoms with van der Waals surface area (Å²) in [7, 11) is 0. The lowest BCUT2D eigenvalue weighted by atomic mass is 9.85. The van der Waals surface area contributed by atoms with E-state index in [2.05, 4.69) is 12.1 Å². The molecule has 16 heavy (non-hydrogen) atoms. The maximum absolute atomic E-state index is 12.1. The molecule has 0 aromatic carbocycles. The minimum Gasteiger partial charge on any atom is -0.317 e. The number of allylic oxidation sites excluding steroid dienone is 1. The van der Waals surface area contributed by atoms with Crippen LogP contribution in [-0.2, 0) is 0 Å². The van der Waals surface area contributed by atoms with Crippen LogP contribution in [0.4, 0.5) is 13.2 Å². The second kappa shape index (κ2) is 6.91. The lowest BCUT2D eigenvalue weighted by Gasteiger charge is -2.28. The van der Waals surface area contributed by atoms with Crippen molar-refractivity contribution in [2.24, 2.45) is 11.8 Å². The van der Waals surface area contributed by atoms with E-state index in [1.54, 1.807) is 6.08 Å². The molecule has 0 rings (SSSR count). The van der Waals surface area contributed by atoms with Crippen molar-refractivity contribution in [3.05, 3.63) is 12.7 Å². The average molecular weight is 239 g/mol. The predicted octanol–water partition coefficient (Wildman–Crippen LogP) is 3.52. The van der Waals surface area contributed by atoms with Gasteiger partial charge in [-0.25, -0.2) is 5.48 Å². The molecule has 2 unspecified atom stereocenters. The number of hydroxylamine groups is 1. The van der Waals surface area contributed by atoms with E-state index in [0.29, 0.717) is 6.42 Å². The van der Waals surface area contributed by atoms with Crippen molar-refractivity contribution in [2.75, 3.05) is 0 Å². The van der Waals surface area contributed by atoms with Crippen molar-refractivity contribution < 1.29 is 18.4 Å². The smallest absolute Gasteiger partial charge is 0.317 e. The van der Waals surface area contributed by atoms with Crippen LogP contribution in [-0.4, -0.2) is 17.4 Å². The number of halogens is 3. The first-order chi connectivity index (χ1) is 7.31. The van der Waals surface area contributed by atoms with Gasteiger partial charge in [-0.3, -0.25) is 0 Å². The quantitative estimate of drug-likeness (QED) is 0.526. The summed E-state index contributed by atoms with van der Waals surface area (Å²) in [6.07, 6.45) is -2.90. The van der Waals surface area contributed by atoms with Crippen LogP contribution in [0, 0.1) is 11.8 Å². The summed E-state index contributed by atoms with van der Waals surface area (Å²) in [5, 5.41) is 8.96. The van der Waals surface area contributed by atoms with Gasteiger partial charge in [0.2, 0.25) is 0 Å². The molecule has 0 aliphatic heterocycles. The van der Waals surface area contributed by atoms with Crippen molar-refractivity contribution >= 4 is 0 Å². The van der Waals surface area contributed by atoms with E-state index in [9.17, 15) is 13.2 Å². The minimum absolute atomic E-state index is 0.00588. The van der Waals surface area contributed by atoms with Gasteiger partial charge >= 0.3 is 6.18 Å². The van der Waals surface area contributed by atoms with Gasteiger partial charge in [-0.1, -0.05) is 19.9 Å². The van der Waals surface area contributed by atoms with Gasteiger partial charge in [0.25, 0.3) is 0 Å². The number of rotatable bonds is 7. The standard InChI is InChI=1S/C11H20F3NO/c1-4-5-9(6-7-11(12,13)14)10(15-16)8(2)3/h4,8-10,15-16H,1,5-7H2,2-3H3. The molecule has 0 heterocycles. The molecule has 2 atom stereocenters. The Morgan fingerprint density at radius 2 is 1.94 bits per heavy atom.